The molecule has 3 heterocycles. The molecular weight excluding hydrogens is 318 g/mol. The molecular formula is C15H15N3O4S. The molecule has 0 fully saturated rings. The van der Waals surface area contributed by atoms with Crippen LogP contribution in [0, 0.1) is 13.8 Å². The van der Waals surface area contributed by atoms with Crippen molar-refractivity contribution in [1.82, 2.24) is 14.6 Å². The molecule has 8 heteroatoms. The SMILES string of the molecule is CCc1nn2c(=O)cc(COC(=O)c3cc(C)oc3C)nc2s1. The molecule has 0 saturated heterocycles. The van der Waals surface area contributed by atoms with Gasteiger partial charge in [-0.25, -0.2) is 9.78 Å². The lowest BCUT2D eigenvalue weighted by Crippen LogP contribution is -2.16. The maximum atomic E-state index is 12.0. The van der Waals surface area contributed by atoms with Crippen LogP contribution >= 0.6 is 11.3 Å². The number of hydrogen-bond acceptors (Lipinski definition) is 7. The molecule has 120 valence electrons. The van der Waals surface area contributed by atoms with Crippen molar-refractivity contribution < 1.29 is 13.9 Å². The Kier molecular flexibility index (Phi) is 3.99. The van der Waals surface area contributed by atoms with Crippen molar-refractivity contribution in [3.05, 3.63) is 50.3 Å². The number of carbonyl (C=O) groups is 1. The molecule has 0 radical (unpaired) electrons. The second kappa shape index (κ2) is 5.96. The predicted octanol–water partition coefficient (Wildman–Crippen LogP) is 2.28. The number of aryl methyl sites for hydroxylation is 3. The van der Waals surface area contributed by atoms with Gasteiger partial charge in [-0.05, 0) is 26.3 Å². The summed E-state index contributed by atoms with van der Waals surface area (Å²) in [6.07, 6.45) is 0.733. The third kappa shape index (κ3) is 3.02. The van der Waals surface area contributed by atoms with Gasteiger partial charge in [-0.3, -0.25) is 4.79 Å². The lowest BCUT2D eigenvalue weighted by Gasteiger charge is -2.03. The molecule has 7 nitrogen and oxygen atoms in total. The van der Waals surface area contributed by atoms with Crippen LogP contribution in [0.1, 0.15) is 39.5 Å². The van der Waals surface area contributed by atoms with E-state index in [0.29, 0.717) is 27.7 Å². The van der Waals surface area contributed by atoms with Crippen molar-refractivity contribution in [2.24, 2.45) is 0 Å². The molecule has 0 aliphatic heterocycles. The average Bonchev–Trinajstić information content (AvgIpc) is 3.07. The van der Waals surface area contributed by atoms with Gasteiger partial charge in [0.25, 0.3) is 5.56 Å². The standard InChI is InChI=1S/C15H15N3O4S/c1-4-12-17-18-13(19)6-10(16-15(18)23-12)7-21-14(20)11-5-8(2)22-9(11)3/h5-6H,4,7H2,1-3H3. The fourth-order valence-corrected chi connectivity index (χ4v) is 3.02. The van der Waals surface area contributed by atoms with E-state index in [4.69, 9.17) is 9.15 Å². The Balaban J connectivity index is 1.80. The van der Waals surface area contributed by atoms with Gasteiger partial charge in [0, 0.05) is 6.07 Å². The van der Waals surface area contributed by atoms with Crippen LogP contribution in [0.3, 0.4) is 0 Å². The fraction of sp³-hybridized carbons (Fsp3) is 0.333. The number of fused-ring (bicyclic) bond motifs is 1. The summed E-state index contributed by atoms with van der Waals surface area (Å²) in [5.74, 6) is 0.648. The van der Waals surface area contributed by atoms with Crippen LogP contribution in [0.5, 0.6) is 0 Å². The number of furan rings is 1. The monoisotopic (exact) mass is 333 g/mol. The second-order valence-electron chi connectivity index (χ2n) is 5.03. The third-order valence-electron chi connectivity index (χ3n) is 3.25. The summed E-state index contributed by atoms with van der Waals surface area (Å²) in [6, 6.07) is 2.95. The largest absolute Gasteiger partial charge is 0.466 e. The normalized spacial score (nSPS) is 11.1. The Bertz CT molecular complexity index is 938. The number of hydrogen-bond donors (Lipinski definition) is 0. The molecule has 0 N–H and O–H groups in total. The van der Waals surface area contributed by atoms with E-state index in [9.17, 15) is 9.59 Å². The highest BCUT2D eigenvalue weighted by Gasteiger charge is 2.16. The highest BCUT2D eigenvalue weighted by Crippen LogP contribution is 2.16. The van der Waals surface area contributed by atoms with Crippen molar-refractivity contribution in [3.8, 4) is 0 Å². The summed E-state index contributed by atoms with van der Waals surface area (Å²) in [7, 11) is 0. The van der Waals surface area contributed by atoms with E-state index in [1.54, 1.807) is 19.9 Å². The summed E-state index contributed by atoms with van der Waals surface area (Å²) < 4.78 is 11.8. The van der Waals surface area contributed by atoms with Gasteiger partial charge in [-0.15, -0.1) is 0 Å². The van der Waals surface area contributed by atoms with Crippen molar-refractivity contribution in [2.45, 2.75) is 33.8 Å². The minimum atomic E-state index is -0.500. The molecule has 0 atom stereocenters. The molecule has 3 rings (SSSR count). The Hall–Kier alpha value is -2.48. The number of esters is 1. The molecule has 0 spiro atoms. The number of nitrogens with zero attached hydrogens (tertiary/aromatic N) is 3. The quantitative estimate of drug-likeness (QED) is 0.681. The minimum Gasteiger partial charge on any atom is -0.466 e. The van der Waals surface area contributed by atoms with Gasteiger partial charge in [-0.2, -0.15) is 9.61 Å². The molecule has 0 bridgehead atoms. The first-order valence-electron chi connectivity index (χ1n) is 7.10. The molecule has 0 unspecified atom stereocenters. The van der Waals surface area contributed by atoms with Gasteiger partial charge in [-0.1, -0.05) is 18.3 Å². The Morgan fingerprint density at radius 2 is 2.17 bits per heavy atom. The predicted molar refractivity (Wildman–Crippen MR) is 83.8 cm³/mol. The molecule has 3 aromatic heterocycles. The summed E-state index contributed by atoms with van der Waals surface area (Å²) in [4.78, 5) is 28.9. The lowest BCUT2D eigenvalue weighted by atomic mass is 10.2. The number of carbonyl (C=O) groups excluding carboxylic acids is 1. The molecule has 3 aromatic rings. The Labute approximate surface area is 135 Å². The summed E-state index contributed by atoms with van der Waals surface area (Å²) in [5, 5.41) is 5.00. The van der Waals surface area contributed by atoms with Crippen molar-refractivity contribution >= 4 is 22.3 Å². The van der Waals surface area contributed by atoms with Gasteiger partial charge >= 0.3 is 5.97 Å². The summed E-state index contributed by atoms with van der Waals surface area (Å²) >= 11 is 1.35. The van der Waals surface area contributed by atoms with Crippen LogP contribution < -0.4 is 5.56 Å². The molecule has 0 aliphatic rings. The van der Waals surface area contributed by atoms with Gasteiger partial charge in [0.1, 0.15) is 28.7 Å². The number of ether oxygens (including phenoxy) is 1. The maximum absolute atomic E-state index is 12.0. The summed E-state index contributed by atoms with van der Waals surface area (Å²) in [6.45, 7) is 5.34. The first-order chi connectivity index (χ1) is 11.0. The molecule has 0 amide bonds. The van der Waals surface area contributed by atoms with E-state index < -0.39 is 5.97 Å². The van der Waals surface area contributed by atoms with Gasteiger partial charge in [0.05, 0.1) is 5.69 Å². The maximum Gasteiger partial charge on any atom is 0.342 e. The van der Waals surface area contributed by atoms with Crippen molar-refractivity contribution in [3.63, 3.8) is 0 Å². The number of aromatic nitrogens is 3. The third-order valence-corrected chi connectivity index (χ3v) is 4.31. The lowest BCUT2D eigenvalue weighted by molar-refractivity contribution is 0.0466. The van der Waals surface area contributed by atoms with E-state index in [0.717, 1.165) is 11.4 Å². The zero-order valence-corrected chi connectivity index (χ0v) is 13.8. The van der Waals surface area contributed by atoms with Crippen molar-refractivity contribution in [1.29, 1.82) is 0 Å². The van der Waals surface area contributed by atoms with Crippen LogP contribution in [0.2, 0.25) is 0 Å². The zero-order chi connectivity index (χ0) is 16.6. The highest BCUT2D eigenvalue weighted by molar-refractivity contribution is 7.16. The van der Waals surface area contributed by atoms with Gasteiger partial charge in [0.15, 0.2) is 0 Å². The van der Waals surface area contributed by atoms with Crippen molar-refractivity contribution in [2.75, 3.05) is 0 Å². The second-order valence-corrected chi connectivity index (χ2v) is 6.07. The van der Waals surface area contributed by atoms with Gasteiger partial charge in [0.2, 0.25) is 4.96 Å². The van der Waals surface area contributed by atoms with E-state index in [2.05, 4.69) is 10.1 Å². The Morgan fingerprint density at radius 3 is 2.83 bits per heavy atom. The molecule has 0 saturated carbocycles. The summed E-state index contributed by atoms with van der Waals surface area (Å²) in [5.41, 5.74) is 0.492. The van der Waals surface area contributed by atoms with Crippen LogP contribution in [0.4, 0.5) is 0 Å². The van der Waals surface area contributed by atoms with Crippen LogP contribution in [0.15, 0.2) is 21.3 Å². The first-order valence-corrected chi connectivity index (χ1v) is 7.92. The zero-order valence-electron chi connectivity index (χ0n) is 13.0. The minimum absolute atomic E-state index is 0.0758. The topological polar surface area (TPSA) is 86.7 Å². The van der Waals surface area contributed by atoms with Crippen LogP contribution in [-0.2, 0) is 17.8 Å². The van der Waals surface area contributed by atoms with E-state index in [1.165, 1.54) is 21.9 Å². The fourth-order valence-electron chi connectivity index (χ4n) is 2.16. The average molecular weight is 333 g/mol. The number of rotatable bonds is 4. The van der Waals surface area contributed by atoms with E-state index in [-0.39, 0.29) is 12.2 Å². The molecule has 23 heavy (non-hydrogen) atoms. The highest BCUT2D eigenvalue weighted by atomic mass is 32.1. The molecule has 0 aromatic carbocycles. The van der Waals surface area contributed by atoms with Gasteiger partial charge < -0.3 is 9.15 Å². The Morgan fingerprint density at radius 1 is 1.39 bits per heavy atom. The smallest absolute Gasteiger partial charge is 0.342 e. The molecule has 0 aliphatic carbocycles. The van der Waals surface area contributed by atoms with Crippen LogP contribution in [0.25, 0.3) is 4.96 Å². The van der Waals surface area contributed by atoms with Crippen LogP contribution in [-0.4, -0.2) is 20.6 Å². The van der Waals surface area contributed by atoms with E-state index >= 15 is 0 Å². The first kappa shape index (κ1) is 15.4. The van der Waals surface area contributed by atoms with E-state index in [1.807, 2.05) is 6.92 Å².